The Hall–Kier alpha value is -1.99. The van der Waals surface area contributed by atoms with Crippen LogP contribution in [0.3, 0.4) is 0 Å². The van der Waals surface area contributed by atoms with Crippen LogP contribution in [-0.2, 0) is 14.8 Å². The molecule has 0 spiro atoms. The van der Waals surface area contributed by atoms with Crippen molar-refractivity contribution in [1.29, 1.82) is 0 Å². The molecule has 7 heteroatoms. The summed E-state index contributed by atoms with van der Waals surface area (Å²) in [6, 6.07) is 15.0. The minimum atomic E-state index is -3.36. The molecule has 0 aliphatic heterocycles. The highest BCUT2D eigenvalue weighted by molar-refractivity contribution is 7.99. The number of rotatable bonds is 7. The zero-order chi connectivity index (χ0) is 17.6. The molecule has 0 heterocycles. The van der Waals surface area contributed by atoms with Gasteiger partial charge in [-0.05, 0) is 36.8 Å². The number of hydrogen-bond donors (Lipinski definition) is 2. The van der Waals surface area contributed by atoms with Gasteiger partial charge in [-0.2, -0.15) is 0 Å². The van der Waals surface area contributed by atoms with Gasteiger partial charge in [-0.25, -0.2) is 8.42 Å². The molecule has 128 valence electrons. The Labute approximate surface area is 146 Å². The largest absolute Gasteiger partial charge is 0.326 e. The normalized spacial score (nSPS) is 11.1. The molecule has 2 aromatic rings. The van der Waals surface area contributed by atoms with Crippen LogP contribution in [0.2, 0.25) is 0 Å². The Morgan fingerprint density at radius 3 is 2.50 bits per heavy atom. The Morgan fingerprint density at radius 1 is 1.12 bits per heavy atom. The highest BCUT2D eigenvalue weighted by atomic mass is 32.2. The van der Waals surface area contributed by atoms with E-state index in [2.05, 4.69) is 10.0 Å². The van der Waals surface area contributed by atoms with Gasteiger partial charge in [0.25, 0.3) is 0 Å². The summed E-state index contributed by atoms with van der Waals surface area (Å²) in [6.07, 6.45) is 1.47. The summed E-state index contributed by atoms with van der Waals surface area (Å²) >= 11 is 1.62. The van der Waals surface area contributed by atoms with Gasteiger partial charge in [-0.15, -0.1) is 11.8 Å². The Balaban J connectivity index is 1.90. The third-order valence-corrected chi connectivity index (χ3v) is 4.76. The first kappa shape index (κ1) is 18.4. The number of amides is 1. The molecule has 2 aromatic carbocycles. The molecule has 0 fully saturated rings. The molecule has 0 saturated carbocycles. The molecule has 0 radical (unpaired) electrons. The summed E-state index contributed by atoms with van der Waals surface area (Å²) in [6.45, 7) is 1.80. The first-order chi connectivity index (χ1) is 11.3. The maximum absolute atomic E-state index is 12.0. The van der Waals surface area contributed by atoms with Crippen LogP contribution in [0.15, 0.2) is 53.4 Å². The lowest BCUT2D eigenvalue weighted by atomic mass is 10.2. The van der Waals surface area contributed by atoms with Gasteiger partial charge < -0.3 is 5.32 Å². The second-order valence-electron chi connectivity index (χ2n) is 5.36. The smallest absolute Gasteiger partial charge is 0.229 e. The summed E-state index contributed by atoms with van der Waals surface area (Å²) in [5, 5.41) is 2.79. The molecule has 5 nitrogen and oxygen atoms in total. The summed E-state index contributed by atoms with van der Waals surface area (Å²) in [4.78, 5) is 13.1. The molecule has 0 unspecified atom stereocenters. The highest BCUT2D eigenvalue weighted by Gasteiger charge is 2.08. The average molecular weight is 364 g/mol. The van der Waals surface area contributed by atoms with E-state index in [1.807, 2.05) is 30.3 Å². The van der Waals surface area contributed by atoms with Crippen LogP contribution in [0.25, 0.3) is 0 Å². The van der Waals surface area contributed by atoms with Crippen LogP contribution in [0.5, 0.6) is 0 Å². The van der Waals surface area contributed by atoms with Crippen molar-refractivity contribution in [2.75, 3.05) is 22.0 Å². The van der Waals surface area contributed by atoms with Crippen molar-refractivity contribution in [2.24, 2.45) is 0 Å². The number of aryl methyl sites for hydroxylation is 1. The third kappa shape index (κ3) is 6.25. The minimum Gasteiger partial charge on any atom is -0.326 e. The number of sulfonamides is 1. The van der Waals surface area contributed by atoms with E-state index in [-0.39, 0.29) is 5.91 Å². The van der Waals surface area contributed by atoms with Crippen molar-refractivity contribution in [3.63, 3.8) is 0 Å². The monoisotopic (exact) mass is 364 g/mol. The van der Waals surface area contributed by atoms with Gasteiger partial charge >= 0.3 is 0 Å². The molecule has 0 atom stereocenters. The van der Waals surface area contributed by atoms with Crippen molar-refractivity contribution >= 4 is 39.1 Å². The van der Waals surface area contributed by atoms with Crippen LogP contribution in [-0.4, -0.2) is 26.3 Å². The molecule has 2 rings (SSSR count). The molecule has 0 aliphatic carbocycles. The molecular weight excluding hydrogens is 344 g/mol. The topological polar surface area (TPSA) is 75.3 Å². The molecule has 24 heavy (non-hydrogen) atoms. The number of benzene rings is 2. The van der Waals surface area contributed by atoms with Gasteiger partial charge in [-0.1, -0.05) is 24.3 Å². The van der Waals surface area contributed by atoms with E-state index >= 15 is 0 Å². The van der Waals surface area contributed by atoms with Gasteiger partial charge in [0.2, 0.25) is 15.9 Å². The van der Waals surface area contributed by atoms with E-state index in [1.54, 1.807) is 36.9 Å². The first-order valence-corrected chi connectivity index (χ1v) is 10.3. The maximum Gasteiger partial charge on any atom is 0.229 e. The van der Waals surface area contributed by atoms with Crippen molar-refractivity contribution in [3.05, 3.63) is 54.1 Å². The Kier molecular flexibility index (Phi) is 6.28. The first-order valence-electron chi connectivity index (χ1n) is 7.39. The highest BCUT2D eigenvalue weighted by Crippen LogP contribution is 2.22. The average Bonchev–Trinajstić information content (AvgIpc) is 2.50. The number of thioether (sulfide) groups is 1. The van der Waals surface area contributed by atoms with Crippen LogP contribution in [0.1, 0.15) is 12.0 Å². The van der Waals surface area contributed by atoms with Crippen molar-refractivity contribution in [2.45, 2.75) is 18.2 Å². The number of carbonyl (C=O) groups excluding carboxylic acids is 1. The number of nitrogens with one attached hydrogen (secondary N) is 2. The summed E-state index contributed by atoms with van der Waals surface area (Å²) in [5.41, 5.74) is 1.83. The predicted molar refractivity (Wildman–Crippen MR) is 100 cm³/mol. The van der Waals surface area contributed by atoms with E-state index in [1.165, 1.54) is 0 Å². The van der Waals surface area contributed by atoms with Gasteiger partial charge in [0.05, 0.1) is 11.9 Å². The number of hydrogen-bond acceptors (Lipinski definition) is 4. The second-order valence-corrected chi connectivity index (χ2v) is 8.28. The second kappa shape index (κ2) is 8.21. The quantitative estimate of drug-likeness (QED) is 0.738. The maximum atomic E-state index is 12.0. The Bertz CT molecular complexity index is 806. The van der Waals surface area contributed by atoms with Crippen LogP contribution in [0.4, 0.5) is 11.4 Å². The number of anilines is 2. The SMILES string of the molecule is Cc1ccc(NC(=O)CCSc2ccccc2)cc1NS(C)(=O)=O. The van der Waals surface area contributed by atoms with Crippen molar-refractivity contribution in [1.82, 2.24) is 0 Å². The fourth-order valence-corrected chi connectivity index (χ4v) is 3.50. The Morgan fingerprint density at radius 2 is 1.83 bits per heavy atom. The van der Waals surface area contributed by atoms with E-state index in [0.29, 0.717) is 23.5 Å². The lowest BCUT2D eigenvalue weighted by molar-refractivity contribution is -0.115. The van der Waals surface area contributed by atoms with Crippen LogP contribution in [0, 0.1) is 6.92 Å². The third-order valence-electron chi connectivity index (χ3n) is 3.16. The lowest BCUT2D eigenvalue weighted by Crippen LogP contribution is -2.14. The fraction of sp³-hybridized carbons (Fsp3) is 0.235. The van der Waals surface area contributed by atoms with Crippen molar-refractivity contribution < 1.29 is 13.2 Å². The predicted octanol–water partition coefficient (Wildman–Crippen LogP) is 3.49. The standard InChI is InChI=1S/C17H20N2O3S2/c1-13-8-9-14(12-16(13)19-24(2,21)22)18-17(20)10-11-23-15-6-4-3-5-7-15/h3-9,12,19H,10-11H2,1-2H3,(H,18,20). The molecule has 0 bridgehead atoms. The molecule has 1 amide bonds. The van der Waals surface area contributed by atoms with E-state index in [9.17, 15) is 13.2 Å². The summed E-state index contributed by atoms with van der Waals surface area (Å²) in [7, 11) is -3.36. The zero-order valence-electron chi connectivity index (χ0n) is 13.6. The van der Waals surface area contributed by atoms with E-state index in [0.717, 1.165) is 16.7 Å². The molecule has 0 aliphatic rings. The van der Waals surface area contributed by atoms with Crippen LogP contribution < -0.4 is 10.0 Å². The fourth-order valence-electron chi connectivity index (χ4n) is 2.01. The van der Waals surface area contributed by atoms with Gasteiger partial charge in [0.15, 0.2) is 0 Å². The molecule has 0 saturated heterocycles. The molecular formula is C17H20N2O3S2. The number of carbonyl (C=O) groups is 1. The minimum absolute atomic E-state index is 0.104. The summed E-state index contributed by atoms with van der Waals surface area (Å²) in [5.74, 6) is 0.573. The zero-order valence-corrected chi connectivity index (χ0v) is 15.2. The van der Waals surface area contributed by atoms with Gasteiger partial charge in [0.1, 0.15) is 0 Å². The van der Waals surface area contributed by atoms with Gasteiger partial charge in [-0.3, -0.25) is 9.52 Å². The van der Waals surface area contributed by atoms with E-state index < -0.39 is 10.0 Å². The molecule has 0 aromatic heterocycles. The van der Waals surface area contributed by atoms with E-state index in [4.69, 9.17) is 0 Å². The van der Waals surface area contributed by atoms with Crippen molar-refractivity contribution in [3.8, 4) is 0 Å². The molecule has 2 N–H and O–H groups in total. The van der Waals surface area contributed by atoms with Crippen LogP contribution >= 0.6 is 11.8 Å². The summed E-state index contributed by atoms with van der Waals surface area (Å²) < 4.78 is 25.2. The lowest BCUT2D eigenvalue weighted by Gasteiger charge is -2.11. The van der Waals surface area contributed by atoms with Gasteiger partial charge in [0, 0.05) is 22.8 Å².